The Morgan fingerprint density at radius 1 is 1.38 bits per heavy atom. The van der Waals surface area contributed by atoms with Crippen LogP contribution in [0.5, 0.6) is 5.75 Å². The first kappa shape index (κ1) is 11.9. The summed E-state index contributed by atoms with van der Waals surface area (Å²) in [5.41, 5.74) is 1.91. The van der Waals surface area contributed by atoms with Crippen molar-refractivity contribution < 1.29 is 9.84 Å². The number of ether oxygens (including phenoxy) is 1. The number of rotatable bonds is 1. The van der Waals surface area contributed by atoms with Crippen molar-refractivity contribution in [2.45, 2.75) is 33.3 Å². The molecule has 0 amide bonds. The summed E-state index contributed by atoms with van der Waals surface area (Å²) in [4.78, 5) is 0. The molecule has 1 unspecified atom stereocenters. The zero-order chi connectivity index (χ0) is 11.9. The molecule has 1 heterocycles. The molecule has 0 saturated carbocycles. The molecule has 0 saturated heterocycles. The molecule has 2 nitrogen and oxygen atoms in total. The van der Waals surface area contributed by atoms with Crippen molar-refractivity contribution in [2.24, 2.45) is 5.41 Å². The van der Waals surface area contributed by atoms with E-state index in [1.54, 1.807) is 0 Å². The minimum absolute atomic E-state index is 0.180. The van der Waals surface area contributed by atoms with Crippen LogP contribution in [0.2, 0.25) is 0 Å². The second kappa shape index (κ2) is 4.04. The Hall–Kier alpha value is -0.540. The highest BCUT2D eigenvalue weighted by Gasteiger charge is 2.29. The summed E-state index contributed by atoms with van der Waals surface area (Å²) >= 11 is 3.48. The highest BCUT2D eigenvalue weighted by molar-refractivity contribution is 9.10. The quantitative estimate of drug-likeness (QED) is 0.856. The van der Waals surface area contributed by atoms with Gasteiger partial charge in [0.1, 0.15) is 5.75 Å². The van der Waals surface area contributed by atoms with Gasteiger partial charge >= 0.3 is 0 Å². The third-order valence-electron chi connectivity index (χ3n) is 2.89. The van der Waals surface area contributed by atoms with Gasteiger partial charge in [-0.05, 0) is 23.1 Å². The SMILES string of the molecule is CC(C)(C)C(O)c1cc(Br)cc2c1OCC2. The van der Waals surface area contributed by atoms with Crippen LogP contribution in [-0.2, 0) is 6.42 Å². The summed E-state index contributed by atoms with van der Waals surface area (Å²) in [6.07, 6.45) is 0.426. The second-order valence-corrected chi connectivity index (χ2v) is 6.27. The lowest BCUT2D eigenvalue weighted by Crippen LogP contribution is -2.18. The van der Waals surface area contributed by atoms with Gasteiger partial charge in [-0.15, -0.1) is 0 Å². The van der Waals surface area contributed by atoms with E-state index in [0.717, 1.165) is 28.8 Å². The van der Waals surface area contributed by atoms with E-state index >= 15 is 0 Å². The maximum Gasteiger partial charge on any atom is 0.128 e. The van der Waals surface area contributed by atoms with Crippen LogP contribution in [0, 0.1) is 5.41 Å². The van der Waals surface area contributed by atoms with E-state index in [2.05, 4.69) is 22.0 Å². The fraction of sp³-hybridized carbons (Fsp3) is 0.538. The molecule has 1 N–H and O–H groups in total. The van der Waals surface area contributed by atoms with E-state index in [4.69, 9.17) is 4.74 Å². The van der Waals surface area contributed by atoms with Gasteiger partial charge in [-0.3, -0.25) is 0 Å². The van der Waals surface area contributed by atoms with Crippen molar-refractivity contribution in [3.8, 4) is 5.75 Å². The molecular weight excluding hydrogens is 268 g/mol. The van der Waals surface area contributed by atoms with Crippen molar-refractivity contribution in [2.75, 3.05) is 6.61 Å². The largest absolute Gasteiger partial charge is 0.493 e. The summed E-state index contributed by atoms with van der Waals surface area (Å²) in [7, 11) is 0. The first-order chi connectivity index (χ1) is 7.39. The monoisotopic (exact) mass is 284 g/mol. The average molecular weight is 285 g/mol. The Kier molecular flexibility index (Phi) is 3.01. The molecule has 0 radical (unpaired) electrons. The summed E-state index contributed by atoms with van der Waals surface area (Å²) in [6.45, 7) is 6.80. The molecule has 3 heteroatoms. The average Bonchev–Trinajstić information content (AvgIpc) is 2.61. The topological polar surface area (TPSA) is 29.5 Å². The first-order valence-corrected chi connectivity index (χ1v) is 6.32. The lowest BCUT2D eigenvalue weighted by atomic mass is 9.84. The standard InChI is InChI=1S/C13H17BrO2/c1-13(2,3)12(15)10-7-9(14)6-8-4-5-16-11(8)10/h6-7,12,15H,4-5H2,1-3H3. The minimum Gasteiger partial charge on any atom is -0.493 e. The lowest BCUT2D eigenvalue weighted by molar-refractivity contribution is 0.0603. The normalized spacial score (nSPS) is 16.8. The molecule has 1 aromatic carbocycles. The molecule has 16 heavy (non-hydrogen) atoms. The fourth-order valence-electron chi connectivity index (χ4n) is 1.97. The van der Waals surface area contributed by atoms with E-state index in [9.17, 15) is 5.11 Å². The highest BCUT2D eigenvalue weighted by Crippen LogP contribution is 2.42. The number of hydrogen-bond acceptors (Lipinski definition) is 2. The number of fused-ring (bicyclic) bond motifs is 1. The minimum atomic E-state index is -0.503. The van der Waals surface area contributed by atoms with E-state index in [0.29, 0.717) is 0 Å². The molecule has 1 aliphatic rings. The Morgan fingerprint density at radius 3 is 2.69 bits per heavy atom. The number of benzene rings is 1. The van der Waals surface area contributed by atoms with E-state index in [1.807, 2.05) is 26.8 Å². The Bertz CT molecular complexity index is 407. The number of aliphatic hydroxyl groups excluding tert-OH is 1. The summed E-state index contributed by atoms with van der Waals surface area (Å²) in [6, 6.07) is 4.03. The summed E-state index contributed by atoms with van der Waals surface area (Å²) in [5, 5.41) is 10.3. The molecule has 1 aromatic rings. The third-order valence-corrected chi connectivity index (χ3v) is 3.35. The molecular formula is C13H17BrO2. The molecule has 88 valence electrons. The summed E-state index contributed by atoms with van der Waals surface area (Å²) in [5.74, 6) is 0.880. The number of halogens is 1. The van der Waals surface area contributed by atoms with Gasteiger partial charge in [0.25, 0.3) is 0 Å². The van der Waals surface area contributed by atoms with Gasteiger partial charge in [0, 0.05) is 16.5 Å². The van der Waals surface area contributed by atoms with Crippen LogP contribution >= 0.6 is 15.9 Å². The van der Waals surface area contributed by atoms with E-state index in [-0.39, 0.29) is 5.41 Å². The molecule has 2 rings (SSSR count). The van der Waals surface area contributed by atoms with Gasteiger partial charge in [0.15, 0.2) is 0 Å². The van der Waals surface area contributed by atoms with Crippen LogP contribution in [0.4, 0.5) is 0 Å². The van der Waals surface area contributed by atoms with Crippen LogP contribution in [0.3, 0.4) is 0 Å². The highest BCUT2D eigenvalue weighted by atomic mass is 79.9. The first-order valence-electron chi connectivity index (χ1n) is 5.53. The number of aliphatic hydroxyl groups is 1. The molecule has 0 aliphatic carbocycles. The van der Waals surface area contributed by atoms with Crippen LogP contribution < -0.4 is 4.74 Å². The Labute approximate surface area is 105 Å². The van der Waals surface area contributed by atoms with Gasteiger partial charge in [-0.25, -0.2) is 0 Å². The smallest absolute Gasteiger partial charge is 0.128 e. The van der Waals surface area contributed by atoms with Crippen LogP contribution in [0.15, 0.2) is 16.6 Å². The maximum absolute atomic E-state index is 10.3. The molecule has 1 aliphatic heterocycles. The van der Waals surface area contributed by atoms with Crippen LogP contribution in [0.1, 0.15) is 38.0 Å². The van der Waals surface area contributed by atoms with E-state index in [1.165, 1.54) is 5.56 Å². The van der Waals surface area contributed by atoms with Crippen molar-refractivity contribution in [1.82, 2.24) is 0 Å². The van der Waals surface area contributed by atoms with E-state index < -0.39 is 6.10 Å². The van der Waals surface area contributed by atoms with Crippen LogP contribution in [-0.4, -0.2) is 11.7 Å². The molecule has 0 bridgehead atoms. The molecule has 0 spiro atoms. The Morgan fingerprint density at radius 2 is 2.06 bits per heavy atom. The van der Waals surface area contributed by atoms with Crippen molar-refractivity contribution >= 4 is 15.9 Å². The molecule has 0 fully saturated rings. The fourth-order valence-corrected chi connectivity index (χ4v) is 2.49. The third kappa shape index (κ3) is 2.11. The zero-order valence-electron chi connectivity index (χ0n) is 9.88. The van der Waals surface area contributed by atoms with Gasteiger partial charge < -0.3 is 9.84 Å². The lowest BCUT2D eigenvalue weighted by Gasteiger charge is -2.27. The zero-order valence-corrected chi connectivity index (χ0v) is 11.5. The maximum atomic E-state index is 10.3. The predicted octanol–water partition coefficient (Wildman–Crippen LogP) is 3.46. The van der Waals surface area contributed by atoms with Crippen molar-refractivity contribution in [3.05, 3.63) is 27.7 Å². The Balaban J connectivity index is 2.49. The second-order valence-electron chi connectivity index (χ2n) is 5.35. The van der Waals surface area contributed by atoms with Gasteiger partial charge in [0.05, 0.1) is 12.7 Å². The van der Waals surface area contributed by atoms with Crippen LogP contribution in [0.25, 0.3) is 0 Å². The predicted molar refractivity (Wildman–Crippen MR) is 67.8 cm³/mol. The summed E-state index contributed by atoms with van der Waals surface area (Å²) < 4.78 is 6.63. The van der Waals surface area contributed by atoms with Gasteiger partial charge in [-0.1, -0.05) is 36.7 Å². The van der Waals surface area contributed by atoms with Gasteiger partial charge in [0.2, 0.25) is 0 Å². The number of hydrogen-bond donors (Lipinski definition) is 1. The molecule has 0 aromatic heterocycles. The molecule has 1 atom stereocenters. The van der Waals surface area contributed by atoms with Crippen molar-refractivity contribution in [3.63, 3.8) is 0 Å². The van der Waals surface area contributed by atoms with Crippen molar-refractivity contribution in [1.29, 1.82) is 0 Å². The van der Waals surface area contributed by atoms with Gasteiger partial charge in [-0.2, -0.15) is 0 Å².